The third kappa shape index (κ3) is 3.71. The van der Waals surface area contributed by atoms with Gasteiger partial charge in [-0.25, -0.2) is 0 Å². The lowest BCUT2D eigenvalue weighted by Crippen LogP contribution is -2.44. The average molecular weight is 267 g/mol. The van der Waals surface area contributed by atoms with E-state index < -0.39 is 11.4 Å². The zero-order valence-corrected chi connectivity index (χ0v) is 12.4. The van der Waals surface area contributed by atoms with Gasteiger partial charge in [-0.15, -0.1) is 0 Å². The van der Waals surface area contributed by atoms with Crippen molar-refractivity contribution >= 4 is 5.97 Å². The molecule has 1 heterocycles. The van der Waals surface area contributed by atoms with Gasteiger partial charge in [0, 0.05) is 0 Å². The van der Waals surface area contributed by atoms with Gasteiger partial charge in [0.2, 0.25) is 0 Å². The molecule has 1 N–H and O–H groups in total. The van der Waals surface area contributed by atoms with E-state index in [1.807, 2.05) is 6.92 Å². The zero-order valence-electron chi connectivity index (χ0n) is 12.4. The molecule has 0 bridgehead atoms. The van der Waals surface area contributed by atoms with Crippen LogP contribution in [0.4, 0.5) is 0 Å². The van der Waals surface area contributed by atoms with E-state index in [0.29, 0.717) is 0 Å². The molecule has 1 saturated heterocycles. The van der Waals surface area contributed by atoms with Gasteiger partial charge in [-0.2, -0.15) is 0 Å². The van der Waals surface area contributed by atoms with Crippen LogP contribution in [0.5, 0.6) is 0 Å². The number of hydrogen-bond acceptors (Lipinski definition) is 2. The first-order valence-electron chi connectivity index (χ1n) is 8.12. The van der Waals surface area contributed by atoms with Crippen molar-refractivity contribution in [1.29, 1.82) is 0 Å². The number of carbonyl (C=O) groups is 1. The lowest BCUT2D eigenvalue weighted by Gasteiger charge is -2.39. The SMILES string of the molecule is CCC1(C(=O)O)CCN(CCC2CCCCC2)CC1. The molecule has 0 aromatic heterocycles. The van der Waals surface area contributed by atoms with Crippen molar-refractivity contribution in [3.05, 3.63) is 0 Å². The fourth-order valence-corrected chi connectivity index (χ4v) is 3.76. The minimum atomic E-state index is -0.582. The lowest BCUT2D eigenvalue weighted by molar-refractivity contribution is -0.152. The molecule has 2 fully saturated rings. The van der Waals surface area contributed by atoms with E-state index in [-0.39, 0.29) is 0 Å². The molecule has 1 aliphatic carbocycles. The fraction of sp³-hybridized carbons (Fsp3) is 0.938. The van der Waals surface area contributed by atoms with E-state index in [9.17, 15) is 9.90 Å². The third-order valence-corrected chi connectivity index (χ3v) is 5.52. The molecule has 110 valence electrons. The molecule has 3 nitrogen and oxygen atoms in total. The molecule has 3 heteroatoms. The second-order valence-corrected chi connectivity index (χ2v) is 6.57. The Morgan fingerprint density at radius 3 is 2.37 bits per heavy atom. The standard InChI is InChI=1S/C16H29NO2/c1-2-16(15(18)19)9-12-17(13-10-16)11-8-14-6-4-3-5-7-14/h14H,2-13H2,1H3,(H,18,19). The van der Waals surface area contributed by atoms with Gasteiger partial charge >= 0.3 is 5.97 Å². The van der Waals surface area contributed by atoms with E-state index in [2.05, 4.69) is 4.90 Å². The molecule has 0 atom stereocenters. The Bertz CT molecular complexity index is 289. The molecular formula is C16H29NO2. The second kappa shape index (κ2) is 6.74. The van der Waals surface area contributed by atoms with Crippen LogP contribution in [-0.2, 0) is 4.79 Å². The second-order valence-electron chi connectivity index (χ2n) is 6.57. The predicted octanol–water partition coefficient (Wildman–Crippen LogP) is 3.53. The van der Waals surface area contributed by atoms with Gasteiger partial charge < -0.3 is 10.0 Å². The summed E-state index contributed by atoms with van der Waals surface area (Å²) in [7, 11) is 0. The van der Waals surface area contributed by atoms with Gasteiger partial charge in [0.1, 0.15) is 0 Å². The molecule has 1 saturated carbocycles. The lowest BCUT2D eigenvalue weighted by atomic mass is 9.76. The Morgan fingerprint density at radius 2 is 1.84 bits per heavy atom. The summed E-state index contributed by atoms with van der Waals surface area (Å²) >= 11 is 0. The summed E-state index contributed by atoms with van der Waals surface area (Å²) in [5.41, 5.74) is -0.429. The summed E-state index contributed by atoms with van der Waals surface area (Å²) in [6.45, 7) is 5.16. The highest BCUT2D eigenvalue weighted by Crippen LogP contribution is 2.35. The summed E-state index contributed by atoms with van der Waals surface area (Å²) < 4.78 is 0. The van der Waals surface area contributed by atoms with Crippen LogP contribution in [0.2, 0.25) is 0 Å². The third-order valence-electron chi connectivity index (χ3n) is 5.52. The number of aliphatic carboxylic acids is 1. The van der Waals surface area contributed by atoms with Crippen LogP contribution in [-0.4, -0.2) is 35.6 Å². The maximum atomic E-state index is 11.4. The largest absolute Gasteiger partial charge is 0.481 e. The van der Waals surface area contributed by atoms with Crippen LogP contribution in [0.15, 0.2) is 0 Å². The average Bonchev–Trinajstić information content (AvgIpc) is 2.46. The minimum Gasteiger partial charge on any atom is -0.481 e. The van der Waals surface area contributed by atoms with Gasteiger partial charge in [0.05, 0.1) is 5.41 Å². The van der Waals surface area contributed by atoms with E-state index in [0.717, 1.165) is 38.3 Å². The highest BCUT2D eigenvalue weighted by Gasteiger charge is 2.39. The number of piperidine rings is 1. The number of carboxylic acid groups (broad SMARTS) is 1. The Morgan fingerprint density at radius 1 is 1.21 bits per heavy atom. The maximum absolute atomic E-state index is 11.4. The number of likely N-dealkylation sites (tertiary alicyclic amines) is 1. The fourth-order valence-electron chi connectivity index (χ4n) is 3.76. The van der Waals surface area contributed by atoms with Crippen molar-refractivity contribution in [2.75, 3.05) is 19.6 Å². The normalized spacial score (nSPS) is 25.3. The van der Waals surface area contributed by atoms with Gasteiger partial charge in [-0.3, -0.25) is 4.79 Å². The first-order chi connectivity index (χ1) is 9.16. The number of nitrogens with zero attached hydrogens (tertiary/aromatic N) is 1. The minimum absolute atomic E-state index is 0.429. The maximum Gasteiger partial charge on any atom is 0.309 e. The van der Waals surface area contributed by atoms with Crippen molar-refractivity contribution in [3.8, 4) is 0 Å². The van der Waals surface area contributed by atoms with Crippen molar-refractivity contribution in [3.63, 3.8) is 0 Å². The van der Waals surface area contributed by atoms with E-state index in [4.69, 9.17) is 0 Å². The van der Waals surface area contributed by atoms with Crippen LogP contribution >= 0.6 is 0 Å². The molecule has 0 radical (unpaired) electrons. The Balaban J connectivity index is 1.72. The van der Waals surface area contributed by atoms with Gasteiger partial charge in [-0.1, -0.05) is 39.0 Å². The number of rotatable bonds is 5. The van der Waals surface area contributed by atoms with Gasteiger partial charge in [-0.05, 0) is 51.2 Å². The predicted molar refractivity (Wildman–Crippen MR) is 77.2 cm³/mol. The quantitative estimate of drug-likeness (QED) is 0.828. The van der Waals surface area contributed by atoms with Crippen LogP contribution in [0.1, 0.15) is 64.7 Å². The zero-order chi connectivity index (χ0) is 13.7. The Hall–Kier alpha value is -0.570. The van der Waals surface area contributed by atoms with E-state index >= 15 is 0 Å². The van der Waals surface area contributed by atoms with Crippen LogP contribution in [0, 0.1) is 11.3 Å². The van der Waals surface area contributed by atoms with Crippen molar-refractivity contribution < 1.29 is 9.90 Å². The smallest absolute Gasteiger partial charge is 0.309 e. The van der Waals surface area contributed by atoms with Crippen molar-refractivity contribution in [2.45, 2.75) is 64.7 Å². The molecule has 2 aliphatic rings. The highest BCUT2D eigenvalue weighted by atomic mass is 16.4. The molecule has 0 aromatic rings. The topological polar surface area (TPSA) is 40.5 Å². The number of hydrogen-bond donors (Lipinski definition) is 1. The van der Waals surface area contributed by atoms with E-state index in [1.54, 1.807) is 0 Å². The summed E-state index contributed by atoms with van der Waals surface area (Å²) in [5, 5.41) is 9.39. The van der Waals surface area contributed by atoms with Gasteiger partial charge in [0.25, 0.3) is 0 Å². The van der Waals surface area contributed by atoms with Crippen LogP contribution < -0.4 is 0 Å². The van der Waals surface area contributed by atoms with Crippen LogP contribution in [0.25, 0.3) is 0 Å². The molecule has 19 heavy (non-hydrogen) atoms. The summed E-state index contributed by atoms with van der Waals surface area (Å²) in [4.78, 5) is 13.9. The monoisotopic (exact) mass is 267 g/mol. The summed E-state index contributed by atoms with van der Waals surface area (Å²) in [6.07, 6.45) is 10.9. The summed E-state index contributed by atoms with van der Waals surface area (Å²) in [6, 6.07) is 0. The molecule has 0 aromatic carbocycles. The molecular weight excluding hydrogens is 238 g/mol. The first-order valence-corrected chi connectivity index (χ1v) is 8.12. The van der Waals surface area contributed by atoms with Crippen LogP contribution in [0.3, 0.4) is 0 Å². The molecule has 2 rings (SSSR count). The molecule has 0 unspecified atom stereocenters. The van der Waals surface area contributed by atoms with Gasteiger partial charge in [0.15, 0.2) is 0 Å². The molecule has 1 aliphatic heterocycles. The van der Waals surface area contributed by atoms with E-state index in [1.165, 1.54) is 45.1 Å². The van der Waals surface area contributed by atoms with Crippen molar-refractivity contribution in [1.82, 2.24) is 4.90 Å². The van der Waals surface area contributed by atoms with Crippen molar-refractivity contribution in [2.24, 2.45) is 11.3 Å². The molecule has 0 amide bonds. The summed E-state index contributed by atoms with van der Waals surface area (Å²) in [5.74, 6) is 0.355. The number of carboxylic acids is 1. The molecule has 0 spiro atoms. The highest BCUT2D eigenvalue weighted by molar-refractivity contribution is 5.74. The Kier molecular flexibility index (Phi) is 5.26. The first kappa shape index (κ1) is 14.8. The Labute approximate surface area is 117 Å².